The number of nitrogens with zero attached hydrogens (tertiary/aromatic N) is 3. The molecule has 0 aliphatic heterocycles. The number of fused-ring (bicyclic) bond motifs is 2. The van der Waals surface area contributed by atoms with Crippen LogP contribution in [0.3, 0.4) is 0 Å². The lowest BCUT2D eigenvalue weighted by atomic mass is 10.2. The second-order valence-electron chi connectivity index (χ2n) is 4.46. The summed E-state index contributed by atoms with van der Waals surface area (Å²) in [5.74, 6) is 0.923. The van der Waals surface area contributed by atoms with E-state index in [0.717, 1.165) is 22.2 Å². The Morgan fingerprint density at radius 2 is 1.63 bits per heavy atom. The van der Waals surface area contributed by atoms with E-state index in [2.05, 4.69) is 45.0 Å². The smallest absolute Gasteiger partial charge is 0.148 e. The van der Waals surface area contributed by atoms with Crippen LogP contribution in [0.15, 0.2) is 67.1 Å². The summed E-state index contributed by atoms with van der Waals surface area (Å²) in [7, 11) is 0. The summed E-state index contributed by atoms with van der Waals surface area (Å²) < 4.78 is 2.11. The molecule has 4 aromatic rings. The molecule has 19 heavy (non-hydrogen) atoms. The van der Waals surface area contributed by atoms with E-state index in [1.807, 2.05) is 30.3 Å². The number of hydrogen-bond acceptors (Lipinski definition) is 2. The number of rotatable bonds is 1. The standard InChI is InChI=1S/C16H11N3/c1-4-8-15-12(5-1)9-10-19(15)16-13-6-2-3-7-14(13)17-11-18-16/h1-11H. The van der Waals surface area contributed by atoms with Gasteiger partial charge >= 0.3 is 0 Å². The van der Waals surface area contributed by atoms with Crippen LogP contribution in [0.25, 0.3) is 27.6 Å². The van der Waals surface area contributed by atoms with E-state index < -0.39 is 0 Å². The largest absolute Gasteiger partial charge is 0.301 e. The topological polar surface area (TPSA) is 30.7 Å². The van der Waals surface area contributed by atoms with Crippen LogP contribution in [-0.2, 0) is 0 Å². The van der Waals surface area contributed by atoms with Gasteiger partial charge in [-0.1, -0.05) is 30.3 Å². The highest BCUT2D eigenvalue weighted by molar-refractivity contribution is 5.89. The summed E-state index contributed by atoms with van der Waals surface area (Å²) >= 11 is 0. The predicted octanol–water partition coefficient (Wildman–Crippen LogP) is 3.57. The van der Waals surface area contributed by atoms with E-state index in [9.17, 15) is 0 Å². The molecule has 2 heterocycles. The molecule has 2 aromatic heterocycles. The summed E-state index contributed by atoms with van der Waals surface area (Å²) in [6.45, 7) is 0. The van der Waals surface area contributed by atoms with Gasteiger partial charge in [-0.05, 0) is 29.7 Å². The molecule has 0 radical (unpaired) electrons. The maximum Gasteiger partial charge on any atom is 0.148 e. The highest BCUT2D eigenvalue weighted by Crippen LogP contribution is 2.23. The van der Waals surface area contributed by atoms with Crippen LogP contribution >= 0.6 is 0 Å². The van der Waals surface area contributed by atoms with E-state index >= 15 is 0 Å². The fourth-order valence-corrected chi connectivity index (χ4v) is 2.45. The summed E-state index contributed by atoms with van der Waals surface area (Å²) in [5.41, 5.74) is 2.12. The van der Waals surface area contributed by atoms with Crippen molar-refractivity contribution in [3.8, 4) is 5.82 Å². The number of para-hydroxylation sites is 2. The van der Waals surface area contributed by atoms with Gasteiger partial charge in [0, 0.05) is 11.6 Å². The van der Waals surface area contributed by atoms with Gasteiger partial charge in [-0.25, -0.2) is 9.97 Å². The molecule has 0 aliphatic rings. The van der Waals surface area contributed by atoms with E-state index in [1.54, 1.807) is 6.33 Å². The average Bonchev–Trinajstić information content (AvgIpc) is 2.90. The Balaban J connectivity index is 2.10. The lowest BCUT2D eigenvalue weighted by Gasteiger charge is -2.07. The number of hydrogen-bond donors (Lipinski definition) is 0. The second-order valence-corrected chi connectivity index (χ2v) is 4.46. The number of benzene rings is 2. The van der Waals surface area contributed by atoms with Crippen molar-refractivity contribution in [2.24, 2.45) is 0 Å². The minimum atomic E-state index is 0.923. The third-order valence-corrected chi connectivity index (χ3v) is 3.35. The van der Waals surface area contributed by atoms with Crippen LogP contribution in [0, 0.1) is 0 Å². The minimum Gasteiger partial charge on any atom is -0.301 e. The minimum absolute atomic E-state index is 0.923. The third-order valence-electron chi connectivity index (χ3n) is 3.35. The van der Waals surface area contributed by atoms with Crippen LogP contribution in [0.1, 0.15) is 0 Å². The van der Waals surface area contributed by atoms with Gasteiger partial charge in [-0.15, -0.1) is 0 Å². The quantitative estimate of drug-likeness (QED) is 0.513. The summed E-state index contributed by atoms with van der Waals surface area (Å²) in [6, 6.07) is 18.5. The predicted molar refractivity (Wildman–Crippen MR) is 76.4 cm³/mol. The van der Waals surface area contributed by atoms with Crippen molar-refractivity contribution < 1.29 is 0 Å². The summed E-state index contributed by atoms with van der Waals surface area (Å²) in [6.07, 6.45) is 3.67. The molecule has 0 fully saturated rings. The van der Waals surface area contributed by atoms with Crippen LogP contribution in [-0.4, -0.2) is 14.5 Å². The van der Waals surface area contributed by atoms with Crippen molar-refractivity contribution in [2.75, 3.05) is 0 Å². The molecule has 0 N–H and O–H groups in total. The van der Waals surface area contributed by atoms with Gasteiger partial charge in [0.25, 0.3) is 0 Å². The maximum atomic E-state index is 4.45. The first kappa shape index (κ1) is 10.3. The van der Waals surface area contributed by atoms with Gasteiger partial charge in [0.2, 0.25) is 0 Å². The van der Waals surface area contributed by atoms with Gasteiger partial charge in [0.15, 0.2) is 0 Å². The van der Waals surface area contributed by atoms with Crippen molar-refractivity contribution in [3.05, 3.63) is 67.1 Å². The monoisotopic (exact) mass is 245 g/mol. The molecule has 0 unspecified atom stereocenters. The fourth-order valence-electron chi connectivity index (χ4n) is 2.45. The van der Waals surface area contributed by atoms with Crippen molar-refractivity contribution in [2.45, 2.75) is 0 Å². The van der Waals surface area contributed by atoms with Crippen LogP contribution in [0.2, 0.25) is 0 Å². The van der Waals surface area contributed by atoms with Crippen molar-refractivity contribution >= 4 is 21.8 Å². The molecule has 3 heteroatoms. The first-order valence-corrected chi connectivity index (χ1v) is 6.20. The Labute approximate surface area is 110 Å². The molecule has 2 aromatic carbocycles. The normalized spacial score (nSPS) is 11.2. The molecular formula is C16H11N3. The highest BCUT2D eigenvalue weighted by atomic mass is 15.1. The Hall–Kier alpha value is -2.68. The Kier molecular flexibility index (Phi) is 2.12. The zero-order valence-corrected chi connectivity index (χ0v) is 10.2. The molecular weight excluding hydrogens is 234 g/mol. The maximum absolute atomic E-state index is 4.45. The summed E-state index contributed by atoms with van der Waals surface area (Å²) in [5, 5.41) is 2.27. The van der Waals surface area contributed by atoms with E-state index in [1.165, 1.54) is 5.39 Å². The van der Waals surface area contributed by atoms with E-state index in [0.29, 0.717) is 0 Å². The fraction of sp³-hybridized carbons (Fsp3) is 0. The first-order chi connectivity index (χ1) is 9.43. The van der Waals surface area contributed by atoms with Gasteiger partial charge in [-0.3, -0.25) is 0 Å². The zero-order chi connectivity index (χ0) is 12.7. The molecule has 0 bridgehead atoms. The molecule has 3 nitrogen and oxygen atoms in total. The Bertz CT molecular complexity index is 872. The van der Waals surface area contributed by atoms with Crippen molar-refractivity contribution in [1.29, 1.82) is 0 Å². The lowest BCUT2D eigenvalue weighted by molar-refractivity contribution is 1.04. The molecule has 0 atom stereocenters. The average molecular weight is 245 g/mol. The molecule has 0 amide bonds. The number of aromatic nitrogens is 3. The third kappa shape index (κ3) is 1.52. The SMILES string of the molecule is c1ccc2c(c1)ccn2-c1ncnc2ccccc12. The van der Waals surface area contributed by atoms with Crippen molar-refractivity contribution in [3.63, 3.8) is 0 Å². The molecule has 0 saturated heterocycles. The van der Waals surface area contributed by atoms with E-state index in [4.69, 9.17) is 0 Å². The Morgan fingerprint density at radius 1 is 0.789 bits per heavy atom. The highest BCUT2D eigenvalue weighted by Gasteiger charge is 2.07. The zero-order valence-electron chi connectivity index (χ0n) is 10.2. The first-order valence-electron chi connectivity index (χ1n) is 6.20. The molecule has 0 aliphatic carbocycles. The molecule has 0 saturated carbocycles. The molecule has 4 rings (SSSR count). The molecule has 90 valence electrons. The van der Waals surface area contributed by atoms with Gasteiger partial charge in [0.1, 0.15) is 12.1 Å². The second kappa shape index (κ2) is 3.92. The Morgan fingerprint density at radius 3 is 2.63 bits per heavy atom. The lowest BCUT2D eigenvalue weighted by Crippen LogP contribution is -1.97. The van der Waals surface area contributed by atoms with Crippen LogP contribution < -0.4 is 0 Å². The molecule has 0 spiro atoms. The summed E-state index contributed by atoms with van der Waals surface area (Å²) in [4.78, 5) is 8.76. The van der Waals surface area contributed by atoms with Crippen LogP contribution in [0.5, 0.6) is 0 Å². The van der Waals surface area contributed by atoms with E-state index in [-0.39, 0.29) is 0 Å². The van der Waals surface area contributed by atoms with Gasteiger partial charge in [0.05, 0.1) is 11.0 Å². The van der Waals surface area contributed by atoms with Gasteiger partial charge < -0.3 is 4.57 Å². The van der Waals surface area contributed by atoms with Crippen molar-refractivity contribution in [1.82, 2.24) is 14.5 Å². The van der Waals surface area contributed by atoms with Gasteiger partial charge in [-0.2, -0.15) is 0 Å². The van der Waals surface area contributed by atoms with Crippen LogP contribution in [0.4, 0.5) is 0 Å².